The van der Waals surface area contributed by atoms with Crippen molar-refractivity contribution in [1.29, 1.82) is 0 Å². The van der Waals surface area contributed by atoms with Gasteiger partial charge in [-0.15, -0.1) is 0 Å². The molecule has 1 heterocycles. The number of ether oxygens (including phenoxy) is 3. The van der Waals surface area contributed by atoms with Gasteiger partial charge in [-0.25, -0.2) is 4.79 Å². The average Bonchev–Trinajstić information content (AvgIpc) is 3.08. The molecule has 0 aromatic heterocycles. The summed E-state index contributed by atoms with van der Waals surface area (Å²) in [5, 5.41) is 16.5. The van der Waals surface area contributed by atoms with E-state index in [1.165, 1.54) is 6.92 Å². The Kier molecular flexibility index (Phi) is 11.1. The van der Waals surface area contributed by atoms with Gasteiger partial charge in [-0.05, 0) is 33.1 Å². The molecular formula is C38H43NO7Si. The summed E-state index contributed by atoms with van der Waals surface area (Å²) in [6.07, 6.45) is -4.58. The number of hydrogen-bond donors (Lipinski definition) is 2. The van der Waals surface area contributed by atoms with Crippen molar-refractivity contribution in [2.75, 3.05) is 6.61 Å². The van der Waals surface area contributed by atoms with Crippen LogP contribution < -0.4 is 15.7 Å². The number of esters is 1. The van der Waals surface area contributed by atoms with Crippen LogP contribution >= 0.6 is 0 Å². The van der Waals surface area contributed by atoms with E-state index in [2.05, 4.69) is 50.4 Å². The zero-order valence-corrected chi connectivity index (χ0v) is 28.2. The quantitative estimate of drug-likeness (QED) is 0.180. The smallest absolute Gasteiger partial charge is 0.338 e. The molecule has 4 aromatic rings. The maximum Gasteiger partial charge on any atom is 0.338 e. The van der Waals surface area contributed by atoms with Gasteiger partial charge in [0.25, 0.3) is 8.32 Å². The summed E-state index contributed by atoms with van der Waals surface area (Å²) in [7, 11) is -3.02. The van der Waals surface area contributed by atoms with Crippen molar-refractivity contribution in [2.24, 2.45) is 0 Å². The molecule has 1 aliphatic heterocycles. The van der Waals surface area contributed by atoms with Crippen molar-refractivity contribution in [2.45, 2.75) is 70.0 Å². The lowest BCUT2D eigenvalue weighted by Crippen LogP contribution is -2.69. The van der Waals surface area contributed by atoms with Gasteiger partial charge in [0.1, 0.15) is 18.2 Å². The van der Waals surface area contributed by atoms with E-state index in [1.807, 2.05) is 66.7 Å². The Bertz CT molecular complexity index is 1540. The summed E-state index contributed by atoms with van der Waals surface area (Å²) < 4.78 is 25.8. The second-order valence-electron chi connectivity index (χ2n) is 12.8. The zero-order valence-electron chi connectivity index (χ0n) is 27.2. The van der Waals surface area contributed by atoms with E-state index in [1.54, 1.807) is 30.3 Å². The molecule has 1 aliphatic rings. The molecule has 1 fully saturated rings. The van der Waals surface area contributed by atoms with Crippen LogP contribution in [0.3, 0.4) is 0 Å². The number of amides is 1. The third-order valence-corrected chi connectivity index (χ3v) is 13.4. The van der Waals surface area contributed by atoms with Crippen LogP contribution in [0, 0.1) is 0 Å². The fraction of sp³-hybridized carbons (Fsp3) is 0.316. The van der Waals surface area contributed by atoms with E-state index in [4.69, 9.17) is 18.6 Å². The maximum atomic E-state index is 13.3. The molecule has 5 rings (SSSR count). The molecule has 5 atom stereocenters. The van der Waals surface area contributed by atoms with Gasteiger partial charge in [-0.2, -0.15) is 0 Å². The van der Waals surface area contributed by atoms with Gasteiger partial charge >= 0.3 is 5.97 Å². The first-order chi connectivity index (χ1) is 22.6. The highest BCUT2D eigenvalue weighted by atomic mass is 28.4. The highest BCUT2D eigenvalue weighted by Crippen LogP contribution is 2.37. The van der Waals surface area contributed by atoms with E-state index in [-0.39, 0.29) is 24.2 Å². The molecule has 0 saturated carbocycles. The van der Waals surface area contributed by atoms with Crippen LogP contribution in [0.5, 0.6) is 0 Å². The molecule has 0 aliphatic carbocycles. The van der Waals surface area contributed by atoms with Crippen LogP contribution in [-0.4, -0.2) is 62.6 Å². The van der Waals surface area contributed by atoms with Crippen LogP contribution in [0.4, 0.5) is 0 Å². The highest BCUT2D eigenvalue weighted by Gasteiger charge is 2.53. The summed E-state index contributed by atoms with van der Waals surface area (Å²) in [5.74, 6) is -1.03. The van der Waals surface area contributed by atoms with Gasteiger partial charge in [0.2, 0.25) is 5.91 Å². The molecule has 0 bridgehead atoms. The van der Waals surface area contributed by atoms with Crippen molar-refractivity contribution in [3.8, 4) is 0 Å². The van der Waals surface area contributed by atoms with Crippen LogP contribution in [0.1, 0.15) is 43.6 Å². The van der Waals surface area contributed by atoms with Crippen LogP contribution in [0.15, 0.2) is 121 Å². The largest absolute Gasteiger partial charge is 0.453 e. The van der Waals surface area contributed by atoms with Gasteiger partial charge in [0.05, 0.1) is 18.8 Å². The monoisotopic (exact) mass is 653 g/mol. The predicted molar refractivity (Wildman–Crippen MR) is 183 cm³/mol. The molecule has 9 heteroatoms. The molecule has 8 nitrogen and oxygen atoms in total. The Morgan fingerprint density at radius 3 is 1.83 bits per heavy atom. The Balaban J connectivity index is 1.51. The molecule has 4 aromatic carbocycles. The second-order valence-corrected chi connectivity index (χ2v) is 17.1. The summed E-state index contributed by atoms with van der Waals surface area (Å²) in [6.45, 7) is 8.00. The lowest BCUT2D eigenvalue weighted by atomic mass is 9.96. The highest BCUT2D eigenvalue weighted by molar-refractivity contribution is 6.99. The number of hydrogen-bond acceptors (Lipinski definition) is 7. The summed E-state index contributed by atoms with van der Waals surface area (Å²) in [6, 6.07) is 37.4. The minimum absolute atomic E-state index is 0.0220. The molecule has 1 amide bonds. The molecule has 0 unspecified atom stereocenters. The molecule has 47 heavy (non-hydrogen) atoms. The zero-order chi connectivity index (χ0) is 33.4. The first-order valence-electron chi connectivity index (χ1n) is 15.9. The minimum atomic E-state index is -3.02. The summed E-state index contributed by atoms with van der Waals surface area (Å²) >= 11 is 0. The Labute approximate surface area is 277 Å². The third-order valence-electron chi connectivity index (χ3n) is 8.43. The number of benzene rings is 4. The van der Waals surface area contributed by atoms with E-state index in [0.29, 0.717) is 5.56 Å². The predicted octanol–water partition coefficient (Wildman–Crippen LogP) is 4.60. The van der Waals surface area contributed by atoms with Gasteiger partial charge in [0.15, 0.2) is 12.4 Å². The number of rotatable bonds is 11. The molecule has 2 N–H and O–H groups in total. The average molecular weight is 654 g/mol. The normalized spacial score (nSPS) is 21.5. The fourth-order valence-corrected chi connectivity index (χ4v) is 10.8. The van der Waals surface area contributed by atoms with Crippen LogP contribution in [0.25, 0.3) is 0 Å². The molecule has 1 saturated heterocycles. The van der Waals surface area contributed by atoms with Gasteiger partial charge in [-0.3, -0.25) is 4.79 Å². The van der Waals surface area contributed by atoms with Crippen molar-refractivity contribution < 1.29 is 33.3 Å². The number of aliphatic hydroxyl groups is 1. The first kappa shape index (κ1) is 34.2. The lowest BCUT2D eigenvalue weighted by Gasteiger charge is -2.47. The van der Waals surface area contributed by atoms with Crippen molar-refractivity contribution >= 4 is 30.6 Å². The van der Waals surface area contributed by atoms with Crippen LogP contribution in [0.2, 0.25) is 5.04 Å². The van der Waals surface area contributed by atoms with Crippen LogP contribution in [-0.2, 0) is 30.0 Å². The van der Waals surface area contributed by atoms with Gasteiger partial charge in [-0.1, -0.05) is 130 Å². The van der Waals surface area contributed by atoms with E-state index in [9.17, 15) is 14.7 Å². The van der Waals surface area contributed by atoms with Gasteiger partial charge in [0, 0.05) is 6.92 Å². The number of carbonyl (C=O) groups excluding carboxylic acids is 2. The maximum absolute atomic E-state index is 13.3. The van der Waals surface area contributed by atoms with Crippen molar-refractivity contribution in [3.05, 3.63) is 132 Å². The molecule has 0 spiro atoms. The molecule has 246 valence electrons. The second kappa shape index (κ2) is 15.2. The van der Waals surface area contributed by atoms with Gasteiger partial charge < -0.3 is 29.1 Å². The number of carbonyl (C=O) groups is 2. The summed E-state index contributed by atoms with van der Waals surface area (Å²) in [4.78, 5) is 25.8. The van der Waals surface area contributed by atoms with Crippen molar-refractivity contribution in [1.82, 2.24) is 5.32 Å². The van der Waals surface area contributed by atoms with E-state index in [0.717, 1.165) is 15.9 Å². The molecular weight excluding hydrogens is 611 g/mol. The summed E-state index contributed by atoms with van der Waals surface area (Å²) in [5.41, 5.74) is 1.20. The number of aliphatic hydroxyl groups excluding tert-OH is 1. The lowest BCUT2D eigenvalue weighted by molar-refractivity contribution is -0.272. The first-order valence-corrected chi connectivity index (χ1v) is 17.8. The topological polar surface area (TPSA) is 103 Å². The third kappa shape index (κ3) is 7.89. The van der Waals surface area contributed by atoms with Crippen molar-refractivity contribution in [3.63, 3.8) is 0 Å². The number of nitrogens with one attached hydrogen (secondary N) is 1. The standard InChI is InChI=1S/C38H43NO7Si/c1-27(40)39-33-35(46-36(42)29-19-11-6-12-20-29)34(41)32(45-37(33)43-25-28-17-9-5-10-18-28)26-44-47(38(2,3)4,30-21-13-7-14-22-30)31-23-15-8-16-24-31/h5-24,32-35,37,41H,25-26H2,1-4H3,(H,39,40)/t32-,33-,34-,35-,37-/m1/s1. The fourth-order valence-electron chi connectivity index (χ4n) is 6.21. The molecule has 0 radical (unpaired) electrons. The Morgan fingerprint density at radius 2 is 1.32 bits per heavy atom. The van der Waals surface area contributed by atoms with E-state index >= 15 is 0 Å². The van der Waals surface area contributed by atoms with E-state index < -0.39 is 44.9 Å². The Hall–Kier alpha value is -4.12. The minimum Gasteiger partial charge on any atom is -0.453 e. The SMILES string of the molecule is CC(=O)N[C@H]1[C@H](OCc2ccccc2)O[C@H](CO[Si](c2ccccc2)(c2ccccc2)C(C)(C)C)[C@@H](O)[C@@H]1OC(=O)c1ccccc1. The Morgan fingerprint density at radius 1 is 0.809 bits per heavy atom.